The summed E-state index contributed by atoms with van der Waals surface area (Å²) in [6.07, 6.45) is -4.62. The Morgan fingerprint density at radius 2 is 1.83 bits per heavy atom. The number of hydrogen-bond acceptors (Lipinski definition) is 5. The standard InChI is InChI=1S/C19H15F4N5OS/c1-10-25-26-18-28(10)27-15(11-6-8-12(20)9-7-11)16(30-18)17(29)24-14-5-3-2-4-13(14)19(21,22)23/h2-9,15-16,27H,1H3,(H,24,29)/t15-,16-/m1/s1. The van der Waals surface area contributed by atoms with Crippen molar-refractivity contribution in [1.29, 1.82) is 0 Å². The van der Waals surface area contributed by atoms with Crippen LogP contribution >= 0.6 is 11.8 Å². The molecule has 4 rings (SSSR count). The molecule has 0 aliphatic carbocycles. The predicted octanol–water partition coefficient (Wildman–Crippen LogP) is 4.14. The van der Waals surface area contributed by atoms with Crippen LogP contribution in [-0.2, 0) is 11.0 Å². The molecule has 11 heteroatoms. The molecule has 0 bridgehead atoms. The highest BCUT2D eigenvalue weighted by Crippen LogP contribution is 2.39. The van der Waals surface area contributed by atoms with Crippen molar-refractivity contribution in [2.45, 2.75) is 29.5 Å². The second-order valence-electron chi connectivity index (χ2n) is 6.59. The molecule has 1 aliphatic rings. The molecular formula is C19H15F4N5OS. The largest absolute Gasteiger partial charge is 0.418 e. The smallest absolute Gasteiger partial charge is 0.324 e. The van der Waals surface area contributed by atoms with Gasteiger partial charge in [0.1, 0.15) is 16.9 Å². The third kappa shape index (κ3) is 3.84. The van der Waals surface area contributed by atoms with Crippen molar-refractivity contribution in [2.24, 2.45) is 0 Å². The number of benzene rings is 2. The molecule has 0 saturated heterocycles. The van der Waals surface area contributed by atoms with Gasteiger partial charge in [-0.15, -0.1) is 10.2 Å². The maximum atomic E-state index is 13.4. The van der Waals surface area contributed by atoms with Crippen molar-refractivity contribution in [2.75, 3.05) is 10.7 Å². The van der Waals surface area contributed by atoms with Crippen molar-refractivity contribution in [3.8, 4) is 0 Å². The van der Waals surface area contributed by atoms with Gasteiger partial charge in [-0.3, -0.25) is 4.79 Å². The maximum absolute atomic E-state index is 13.4. The zero-order chi connectivity index (χ0) is 21.5. The van der Waals surface area contributed by atoms with Gasteiger partial charge in [0, 0.05) is 0 Å². The van der Waals surface area contributed by atoms with Crippen LogP contribution in [0.5, 0.6) is 0 Å². The minimum absolute atomic E-state index is 0.336. The number of carbonyl (C=O) groups excluding carboxylic acids is 1. The van der Waals surface area contributed by atoms with Crippen molar-refractivity contribution in [3.05, 3.63) is 71.3 Å². The summed E-state index contributed by atoms with van der Waals surface area (Å²) >= 11 is 1.07. The van der Waals surface area contributed by atoms with Crippen LogP contribution in [0.2, 0.25) is 0 Å². The summed E-state index contributed by atoms with van der Waals surface area (Å²) < 4.78 is 54.8. The van der Waals surface area contributed by atoms with Gasteiger partial charge in [0.15, 0.2) is 0 Å². The first-order valence-corrected chi connectivity index (χ1v) is 9.70. The molecule has 0 fully saturated rings. The number of thioether (sulfide) groups is 1. The Morgan fingerprint density at radius 1 is 1.13 bits per heavy atom. The number of para-hydroxylation sites is 1. The van der Waals surface area contributed by atoms with Crippen molar-refractivity contribution < 1.29 is 22.4 Å². The van der Waals surface area contributed by atoms with Gasteiger partial charge in [-0.2, -0.15) is 13.2 Å². The van der Waals surface area contributed by atoms with Crippen molar-refractivity contribution in [3.63, 3.8) is 0 Å². The molecule has 1 aliphatic heterocycles. The molecule has 1 amide bonds. The molecule has 2 heterocycles. The summed E-state index contributed by atoms with van der Waals surface area (Å²) in [7, 11) is 0. The lowest BCUT2D eigenvalue weighted by Crippen LogP contribution is -2.41. The SMILES string of the molecule is Cc1nnc2n1N[C@H](c1ccc(F)cc1)[C@H](C(=O)Nc1ccccc1C(F)(F)F)S2. The van der Waals surface area contributed by atoms with Crippen LogP contribution in [0.4, 0.5) is 23.2 Å². The minimum Gasteiger partial charge on any atom is -0.324 e. The molecule has 0 saturated carbocycles. The normalized spacial score (nSPS) is 18.4. The molecule has 6 nitrogen and oxygen atoms in total. The second kappa shape index (κ2) is 7.63. The minimum atomic E-state index is -4.62. The van der Waals surface area contributed by atoms with Gasteiger partial charge >= 0.3 is 6.18 Å². The van der Waals surface area contributed by atoms with E-state index in [9.17, 15) is 22.4 Å². The quantitative estimate of drug-likeness (QED) is 0.603. The highest BCUT2D eigenvalue weighted by molar-refractivity contribution is 8.00. The fourth-order valence-electron chi connectivity index (χ4n) is 3.12. The first-order valence-electron chi connectivity index (χ1n) is 8.82. The Kier molecular flexibility index (Phi) is 5.14. The summed E-state index contributed by atoms with van der Waals surface area (Å²) in [5, 5.41) is 9.84. The molecule has 30 heavy (non-hydrogen) atoms. The fraction of sp³-hybridized carbons (Fsp3) is 0.211. The van der Waals surface area contributed by atoms with Crippen LogP contribution < -0.4 is 10.7 Å². The molecule has 1 aromatic heterocycles. The zero-order valence-corrected chi connectivity index (χ0v) is 16.3. The molecule has 0 spiro atoms. The van der Waals surface area contributed by atoms with E-state index in [1.807, 2.05) is 0 Å². The summed E-state index contributed by atoms with van der Waals surface area (Å²) in [6.45, 7) is 1.71. The van der Waals surface area contributed by atoms with E-state index >= 15 is 0 Å². The lowest BCUT2D eigenvalue weighted by Gasteiger charge is -2.33. The Bertz CT molecular complexity index is 1080. The van der Waals surface area contributed by atoms with Gasteiger partial charge in [0.2, 0.25) is 11.1 Å². The van der Waals surface area contributed by atoms with Crippen LogP contribution in [0.3, 0.4) is 0 Å². The number of alkyl halides is 3. The Balaban J connectivity index is 1.68. The van der Waals surface area contributed by atoms with Gasteiger partial charge in [-0.05, 0) is 36.8 Å². The molecule has 3 aromatic rings. The summed E-state index contributed by atoms with van der Waals surface area (Å²) in [6, 6.07) is 9.64. The molecule has 2 N–H and O–H groups in total. The highest BCUT2D eigenvalue weighted by Gasteiger charge is 2.39. The lowest BCUT2D eigenvalue weighted by atomic mass is 10.0. The third-order valence-electron chi connectivity index (χ3n) is 4.58. The van der Waals surface area contributed by atoms with Crippen LogP contribution in [0.25, 0.3) is 0 Å². The van der Waals surface area contributed by atoms with E-state index in [2.05, 4.69) is 20.9 Å². The number of nitrogens with zero attached hydrogens (tertiary/aromatic N) is 3. The summed E-state index contributed by atoms with van der Waals surface area (Å²) in [4.78, 5) is 13.0. The van der Waals surface area contributed by atoms with Gasteiger partial charge in [0.25, 0.3) is 0 Å². The second-order valence-corrected chi connectivity index (χ2v) is 7.70. The predicted molar refractivity (Wildman–Crippen MR) is 103 cm³/mol. The van der Waals surface area contributed by atoms with E-state index in [-0.39, 0.29) is 5.69 Å². The number of amides is 1. The van der Waals surface area contributed by atoms with E-state index in [1.165, 1.54) is 42.5 Å². The Hall–Kier alpha value is -3.08. The zero-order valence-electron chi connectivity index (χ0n) is 15.4. The third-order valence-corrected chi connectivity index (χ3v) is 5.79. The summed E-state index contributed by atoms with van der Waals surface area (Å²) in [5.41, 5.74) is 2.42. The van der Waals surface area contributed by atoms with E-state index in [0.29, 0.717) is 16.5 Å². The highest BCUT2D eigenvalue weighted by atomic mass is 32.2. The Labute approximate surface area is 172 Å². The number of carbonyl (C=O) groups is 1. The van der Waals surface area contributed by atoms with E-state index in [1.54, 1.807) is 11.6 Å². The van der Waals surface area contributed by atoms with E-state index in [4.69, 9.17) is 0 Å². The van der Waals surface area contributed by atoms with Crippen LogP contribution in [-0.4, -0.2) is 26.0 Å². The number of fused-ring (bicyclic) bond motifs is 1. The molecular weight excluding hydrogens is 422 g/mol. The molecule has 2 aromatic carbocycles. The Morgan fingerprint density at radius 3 is 2.53 bits per heavy atom. The van der Waals surface area contributed by atoms with Gasteiger partial charge in [0.05, 0.1) is 17.3 Å². The number of rotatable bonds is 3. The lowest BCUT2D eigenvalue weighted by molar-refractivity contribution is -0.137. The van der Waals surface area contributed by atoms with E-state index < -0.39 is 34.8 Å². The topological polar surface area (TPSA) is 71.8 Å². The number of halogens is 4. The average molecular weight is 437 g/mol. The summed E-state index contributed by atoms with van der Waals surface area (Å²) in [5.74, 6) is -0.542. The molecule has 0 radical (unpaired) electrons. The number of anilines is 1. The van der Waals surface area contributed by atoms with Crippen LogP contribution in [0, 0.1) is 12.7 Å². The van der Waals surface area contributed by atoms with Gasteiger partial charge in [-0.1, -0.05) is 36.0 Å². The molecule has 2 atom stereocenters. The van der Waals surface area contributed by atoms with Crippen LogP contribution in [0.15, 0.2) is 53.7 Å². The number of hydrogen-bond donors (Lipinski definition) is 2. The monoisotopic (exact) mass is 437 g/mol. The fourth-order valence-corrected chi connectivity index (χ4v) is 4.25. The first-order chi connectivity index (χ1) is 14.2. The van der Waals surface area contributed by atoms with Crippen molar-refractivity contribution >= 4 is 23.4 Å². The first kappa shape index (κ1) is 20.2. The van der Waals surface area contributed by atoms with Crippen molar-refractivity contribution in [1.82, 2.24) is 14.9 Å². The average Bonchev–Trinajstić information content (AvgIpc) is 3.07. The number of nitrogens with one attached hydrogen (secondary N) is 2. The van der Waals surface area contributed by atoms with Gasteiger partial charge < -0.3 is 10.7 Å². The maximum Gasteiger partial charge on any atom is 0.418 e. The molecule has 156 valence electrons. The number of aryl methyl sites for hydroxylation is 1. The molecule has 0 unspecified atom stereocenters. The van der Waals surface area contributed by atoms with E-state index in [0.717, 1.165) is 17.8 Å². The van der Waals surface area contributed by atoms with Gasteiger partial charge in [-0.25, -0.2) is 9.07 Å². The number of aromatic nitrogens is 3. The van der Waals surface area contributed by atoms with Crippen LogP contribution in [0.1, 0.15) is 23.0 Å².